The van der Waals surface area contributed by atoms with Gasteiger partial charge in [0.2, 0.25) is 0 Å². The molecule has 3 aromatic rings. The molecule has 0 atom stereocenters. The van der Waals surface area contributed by atoms with Crippen LogP contribution in [0.1, 0.15) is 54.3 Å². The maximum atomic E-state index is 9.86. The number of nitrogens with zero attached hydrogens (tertiary/aromatic N) is 4. The molecule has 0 radical (unpaired) electrons. The molecule has 0 saturated heterocycles. The van der Waals surface area contributed by atoms with Crippen LogP contribution in [-0.2, 0) is 6.61 Å². The van der Waals surface area contributed by atoms with E-state index in [1.54, 1.807) is 0 Å². The number of aliphatic hydroxyl groups excluding tert-OH is 1. The Balaban J connectivity index is 1.82. The average Bonchev–Trinajstić information content (AvgIpc) is 3.06. The highest BCUT2D eigenvalue weighted by Crippen LogP contribution is 2.51. The maximum absolute atomic E-state index is 9.86. The Morgan fingerprint density at radius 2 is 1.65 bits per heavy atom. The molecule has 2 aromatic heterocycles. The molecule has 0 unspecified atom stereocenters. The van der Waals surface area contributed by atoms with Crippen molar-refractivity contribution < 1.29 is 5.11 Å². The summed E-state index contributed by atoms with van der Waals surface area (Å²) in [6.07, 6.45) is 4.86. The molecule has 116 valence electrons. The Kier molecular flexibility index (Phi) is 2.79. The summed E-state index contributed by atoms with van der Waals surface area (Å²) in [5, 5.41) is 23.4. The fraction of sp³-hybridized carbons (Fsp3) is 0.389. The lowest BCUT2D eigenvalue weighted by Gasteiger charge is -2.38. The maximum Gasteiger partial charge on any atom is 0.185 e. The first-order valence-corrected chi connectivity index (χ1v) is 8.31. The second-order valence-corrected chi connectivity index (χ2v) is 6.61. The van der Waals surface area contributed by atoms with Crippen LogP contribution in [0.4, 0.5) is 0 Å². The van der Waals surface area contributed by atoms with Gasteiger partial charge >= 0.3 is 0 Å². The summed E-state index contributed by atoms with van der Waals surface area (Å²) in [5.41, 5.74) is 5.23. The Bertz CT molecular complexity index is 879. The third-order valence-electron chi connectivity index (χ3n) is 5.43. The first-order valence-electron chi connectivity index (χ1n) is 8.31. The molecule has 1 N–H and O–H groups in total. The van der Waals surface area contributed by atoms with Crippen molar-refractivity contribution in [3.05, 3.63) is 47.2 Å². The molecular weight excluding hydrogens is 288 g/mol. The highest BCUT2D eigenvalue weighted by Gasteiger charge is 2.38. The largest absolute Gasteiger partial charge is 0.390 e. The van der Waals surface area contributed by atoms with Crippen LogP contribution >= 0.6 is 0 Å². The highest BCUT2D eigenvalue weighted by atomic mass is 16.3. The quantitative estimate of drug-likeness (QED) is 0.790. The minimum absolute atomic E-state index is 0.0199. The van der Waals surface area contributed by atoms with E-state index < -0.39 is 0 Å². The second-order valence-electron chi connectivity index (χ2n) is 6.61. The Hall–Kier alpha value is -2.27. The first kappa shape index (κ1) is 13.2. The van der Waals surface area contributed by atoms with Gasteiger partial charge in [-0.3, -0.25) is 0 Å². The van der Waals surface area contributed by atoms with Crippen LogP contribution in [0.25, 0.3) is 17.0 Å². The Labute approximate surface area is 134 Å². The Morgan fingerprint density at radius 1 is 0.957 bits per heavy atom. The minimum Gasteiger partial charge on any atom is -0.390 e. The number of hydrogen-bond donors (Lipinski definition) is 1. The van der Waals surface area contributed by atoms with Gasteiger partial charge in [-0.15, -0.1) is 10.2 Å². The van der Waals surface area contributed by atoms with Crippen LogP contribution in [-0.4, -0.2) is 24.9 Å². The van der Waals surface area contributed by atoms with Gasteiger partial charge in [-0.1, -0.05) is 30.3 Å². The summed E-state index contributed by atoms with van der Waals surface area (Å²) >= 11 is 0. The van der Waals surface area contributed by atoms with E-state index in [4.69, 9.17) is 5.10 Å². The molecule has 1 fully saturated rings. The van der Waals surface area contributed by atoms with Gasteiger partial charge in [0.25, 0.3) is 0 Å². The van der Waals surface area contributed by atoms with E-state index in [2.05, 4.69) is 10.2 Å². The van der Waals surface area contributed by atoms with Gasteiger partial charge < -0.3 is 5.11 Å². The van der Waals surface area contributed by atoms with Gasteiger partial charge in [-0.05, 0) is 43.1 Å². The van der Waals surface area contributed by atoms with Crippen LogP contribution in [0.3, 0.4) is 0 Å². The van der Waals surface area contributed by atoms with Crippen LogP contribution in [0.5, 0.6) is 0 Å². The number of benzene rings is 1. The molecule has 23 heavy (non-hydrogen) atoms. The van der Waals surface area contributed by atoms with Gasteiger partial charge in [-0.2, -0.15) is 9.61 Å². The summed E-state index contributed by atoms with van der Waals surface area (Å²) in [6.45, 7) is -0.0199. The van der Waals surface area contributed by atoms with Crippen LogP contribution < -0.4 is 0 Å². The van der Waals surface area contributed by atoms with Crippen LogP contribution in [0, 0.1) is 0 Å². The molecule has 2 bridgehead atoms. The molecule has 0 spiro atoms. The zero-order valence-electron chi connectivity index (χ0n) is 12.8. The van der Waals surface area contributed by atoms with E-state index in [0.717, 1.165) is 22.7 Å². The lowest BCUT2D eigenvalue weighted by Crippen LogP contribution is -2.26. The molecule has 5 nitrogen and oxygen atoms in total. The third kappa shape index (κ3) is 1.80. The van der Waals surface area contributed by atoms with E-state index in [9.17, 15) is 5.11 Å². The topological polar surface area (TPSA) is 63.3 Å². The predicted molar refractivity (Wildman–Crippen MR) is 86.1 cm³/mol. The fourth-order valence-corrected chi connectivity index (χ4v) is 4.41. The summed E-state index contributed by atoms with van der Waals surface area (Å²) < 4.78 is 1.83. The van der Waals surface area contributed by atoms with E-state index >= 15 is 0 Å². The van der Waals surface area contributed by atoms with E-state index in [0.29, 0.717) is 11.8 Å². The number of rotatable bonds is 2. The second kappa shape index (κ2) is 4.86. The summed E-state index contributed by atoms with van der Waals surface area (Å²) in [6, 6.07) is 10.00. The van der Waals surface area contributed by atoms with Gasteiger partial charge in [0.05, 0.1) is 12.3 Å². The number of fused-ring (bicyclic) bond motifs is 3. The summed E-state index contributed by atoms with van der Waals surface area (Å²) in [7, 11) is 0. The summed E-state index contributed by atoms with van der Waals surface area (Å²) in [5.74, 6) is 1.82. The monoisotopic (exact) mass is 306 g/mol. The molecule has 3 aliphatic rings. The van der Waals surface area contributed by atoms with E-state index in [1.165, 1.54) is 36.8 Å². The van der Waals surface area contributed by atoms with Crippen molar-refractivity contribution in [2.24, 2.45) is 0 Å². The van der Waals surface area contributed by atoms with Gasteiger partial charge in [0.15, 0.2) is 11.5 Å². The number of hydrogen-bond acceptors (Lipinski definition) is 4. The molecular formula is C18H18N4O. The molecule has 0 aliphatic heterocycles. The van der Waals surface area contributed by atoms with E-state index in [-0.39, 0.29) is 6.61 Å². The van der Waals surface area contributed by atoms with Crippen molar-refractivity contribution in [2.75, 3.05) is 0 Å². The predicted octanol–water partition coefficient (Wildman–Crippen LogP) is 3.04. The van der Waals surface area contributed by atoms with Crippen molar-refractivity contribution in [3.63, 3.8) is 0 Å². The van der Waals surface area contributed by atoms with Crippen molar-refractivity contribution in [2.45, 2.75) is 44.1 Å². The SMILES string of the molecule is OCc1nn2c(-c3ccccc3)nnc2c2c1C1CCC2CC1. The van der Waals surface area contributed by atoms with Crippen LogP contribution in [0.2, 0.25) is 0 Å². The third-order valence-corrected chi connectivity index (χ3v) is 5.43. The molecule has 6 rings (SSSR count). The molecule has 1 aromatic carbocycles. The molecule has 5 heteroatoms. The van der Waals surface area contributed by atoms with Crippen molar-refractivity contribution in [1.29, 1.82) is 0 Å². The summed E-state index contributed by atoms with van der Waals surface area (Å²) in [4.78, 5) is 0. The molecule has 3 aliphatic carbocycles. The standard InChI is InChI=1S/C18H18N4O/c23-10-14-15-11-6-8-12(9-7-11)16(15)18-20-19-17(22(18)21-14)13-4-2-1-3-5-13/h1-5,11-12,23H,6-10H2. The van der Waals surface area contributed by atoms with Gasteiger partial charge in [-0.25, -0.2) is 0 Å². The average molecular weight is 306 g/mol. The molecule has 0 amide bonds. The Morgan fingerprint density at radius 3 is 2.35 bits per heavy atom. The lowest BCUT2D eigenvalue weighted by molar-refractivity contribution is 0.266. The van der Waals surface area contributed by atoms with Gasteiger partial charge in [0, 0.05) is 11.1 Å². The first-order chi connectivity index (χ1) is 11.4. The molecule has 1 saturated carbocycles. The fourth-order valence-electron chi connectivity index (χ4n) is 4.41. The normalized spacial score (nSPS) is 22.5. The van der Waals surface area contributed by atoms with Gasteiger partial charge in [0.1, 0.15) is 0 Å². The van der Waals surface area contributed by atoms with Crippen molar-refractivity contribution in [3.8, 4) is 11.4 Å². The highest BCUT2D eigenvalue weighted by molar-refractivity contribution is 5.64. The lowest BCUT2D eigenvalue weighted by atomic mass is 9.67. The molecule has 2 heterocycles. The zero-order valence-corrected chi connectivity index (χ0v) is 12.8. The zero-order chi connectivity index (χ0) is 15.4. The van der Waals surface area contributed by atoms with E-state index in [1.807, 2.05) is 34.8 Å². The minimum atomic E-state index is -0.0199. The van der Waals surface area contributed by atoms with Crippen molar-refractivity contribution in [1.82, 2.24) is 19.8 Å². The van der Waals surface area contributed by atoms with Crippen LogP contribution in [0.15, 0.2) is 30.3 Å². The van der Waals surface area contributed by atoms with Crippen molar-refractivity contribution >= 4 is 5.65 Å². The number of aliphatic hydroxyl groups is 1. The number of aromatic nitrogens is 4. The smallest absolute Gasteiger partial charge is 0.185 e.